The smallest absolute Gasteiger partial charge is 0.0634 e. The predicted molar refractivity (Wildman–Crippen MR) is 85.4 cm³/mol. The van der Waals surface area contributed by atoms with E-state index < -0.39 is 0 Å². The van der Waals surface area contributed by atoms with Gasteiger partial charge in [-0.2, -0.15) is 0 Å². The van der Waals surface area contributed by atoms with Gasteiger partial charge in [0.15, 0.2) is 0 Å². The van der Waals surface area contributed by atoms with Crippen LogP contribution in [0, 0.1) is 5.92 Å². The minimum atomic E-state index is 0.380. The highest BCUT2D eigenvalue weighted by atomic mass is 35.5. The van der Waals surface area contributed by atoms with Gasteiger partial charge < -0.3 is 5.32 Å². The van der Waals surface area contributed by atoms with Gasteiger partial charge in [-0.3, -0.25) is 9.88 Å². The molecule has 2 saturated carbocycles. The van der Waals surface area contributed by atoms with Crippen molar-refractivity contribution >= 4 is 11.6 Å². The Bertz CT molecular complexity index is 509. The van der Waals surface area contributed by atoms with Crippen LogP contribution in [-0.4, -0.2) is 34.6 Å². The van der Waals surface area contributed by atoms with Gasteiger partial charge in [0.1, 0.15) is 0 Å². The number of piperazine rings is 1. The van der Waals surface area contributed by atoms with Gasteiger partial charge >= 0.3 is 0 Å². The number of halogens is 1. The minimum absolute atomic E-state index is 0.380. The van der Waals surface area contributed by atoms with E-state index in [0.717, 1.165) is 24.0 Å². The van der Waals surface area contributed by atoms with Crippen LogP contribution in [0.2, 0.25) is 5.02 Å². The fraction of sp³-hybridized carbons (Fsp3) is 0.706. The summed E-state index contributed by atoms with van der Waals surface area (Å²) in [6, 6.07) is 2.77. The van der Waals surface area contributed by atoms with Crippen LogP contribution in [0.1, 0.15) is 44.1 Å². The lowest BCUT2D eigenvalue weighted by molar-refractivity contribution is 0.0627. The van der Waals surface area contributed by atoms with E-state index in [4.69, 9.17) is 11.6 Å². The standard InChI is InChI=1S/C17H24ClN3/c18-15-9-19-8-5-14(15)11-21-12-17(6-1-2-7-17)20-10-16(21)13-3-4-13/h5,8-9,13,16,20H,1-4,6-7,10-12H2. The molecule has 1 aromatic heterocycles. The third kappa shape index (κ3) is 2.84. The maximum atomic E-state index is 6.33. The Morgan fingerprint density at radius 1 is 1.33 bits per heavy atom. The zero-order valence-electron chi connectivity index (χ0n) is 12.5. The van der Waals surface area contributed by atoms with Gasteiger partial charge in [-0.1, -0.05) is 24.4 Å². The van der Waals surface area contributed by atoms with E-state index in [1.807, 2.05) is 6.20 Å². The van der Waals surface area contributed by atoms with E-state index in [0.29, 0.717) is 11.6 Å². The lowest BCUT2D eigenvalue weighted by Gasteiger charge is -2.47. The van der Waals surface area contributed by atoms with Crippen LogP contribution < -0.4 is 5.32 Å². The highest BCUT2D eigenvalue weighted by Gasteiger charge is 2.45. The normalized spacial score (nSPS) is 29.1. The van der Waals surface area contributed by atoms with Crippen LogP contribution in [-0.2, 0) is 6.54 Å². The number of hydrogen-bond donors (Lipinski definition) is 1. The van der Waals surface area contributed by atoms with Gasteiger partial charge in [-0.15, -0.1) is 0 Å². The zero-order valence-corrected chi connectivity index (χ0v) is 13.3. The number of aromatic nitrogens is 1. The van der Waals surface area contributed by atoms with Crippen LogP contribution in [0.4, 0.5) is 0 Å². The van der Waals surface area contributed by atoms with E-state index in [1.54, 1.807) is 6.20 Å². The van der Waals surface area contributed by atoms with Crippen LogP contribution in [0.3, 0.4) is 0 Å². The fourth-order valence-electron chi connectivity index (χ4n) is 4.27. The summed E-state index contributed by atoms with van der Waals surface area (Å²) in [5.41, 5.74) is 1.61. The monoisotopic (exact) mass is 305 g/mol. The molecule has 0 radical (unpaired) electrons. The maximum absolute atomic E-state index is 6.33. The minimum Gasteiger partial charge on any atom is -0.308 e. The second-order valence-corrected chi connectivity index (χ2v) is 7.55. The molecule has 3 fully saturated rings. The number of nitrogens with zero attached hydrogens (tertiary/aromatic N) is 2. The first kappa shape index (κ1) is 14.0. The Morgan fingerprint density at radius 2 is 2.14 bits per heavy atom. The molecule has 114 valence electrons. The molecule has 1 saturated heterocycles. The van der Waals surface area contributed by atoms with Crippen LogP contribution in [0.15, 0.2) is 18.5 Å². The number of hydrogen-bond acceptors (Lipinski definition) is 3. The molecule has 1 N–H and O–H groups in total. The molecule has 3 nitrogen and oxygen atoms in total. The van der Waals surface area contributed by atoms with Crippen molar-refractivity contribution in [2.24, 2.45) is 5.92 Å². The summed E-state index contributed by atoms with van der Waals surface area (Å²) in [6.07, 6.45) is 11.9. The topological polar surface area (TPSA) is 28.2 Å². The highest BCUT2D eigenvalue weighted by Crippen LogP contribution is 2.41. The molecule has 1 aliphatic heterocycles. The van der Waals surface area contributed by atoms with E-state index in [2.05, 4.69) is 21.3 Å². The summed E-state index contributed by atoms with van der Waals surface area (Å²) in [6.45, 7) is 3.33. The van der Waals surface area contributed by atoms with Gasteiger partial charge in [0.25, 0.3) is 0 Å². The first-order valence-electron chi connectivity index (χ1n) is 8.33. The SMILES string of the molecule is Clc1cnccc1CN1CC2(CCCC2)NCC1C1CC1. The molecule has 2 heterocycles. The molecule has 1 aromatic rings. The molecule has 1 atom stereocenters. The average molecular weight is 306 g/mol. The predicted octanol–water partition coefficient (Wildman–Crippen LogP) is 3.23. The van der Waals surface area contributed by atoms with Crippen LogP contribution in [0.25, 0.3) is 0 Å². The van der Waals surface area contributed by atoms with Gasteiger partial charge in [-0.25, -0.2) is 0 Å². The van der Waals surface area contributed by atoms with Crippen molar-refractivity contribution < 1.29 is 0 Å². The molecule has 3 aliphatic rings. The molecular weight excluding hydrogens is 282 g/mol. The molecule has 4 heteroatoms. The Balaban J connectivity index is 1.54. The maximum Gasteiger partial charge on any atom is 0.0634 e. The summed E-state index contributed by atoms with van der Waals surface area (Å²) in [5, 5.41) is 4.72. The van der Waals surface area contributed by atoms with Crippen molar-refractivity contribution in [2.75, 3.05) is 13.1 Å². The van der Waals surface area contributed by atoms with E-state index >= 15 is 0 Å². The molecule has 0 aromatic carbocycles. The van der Waals surface area contributed by atoms with Crippen LogP contribution >= 0.6 is 11.6 Å². The molecule has 0 amide bonds. The summed E-state index contributed by atoms with van der Waals surface area (Å²) in [7, 11) is 0. The summed E-state index contributed by atoms with van der Waals surface area (Å²) >= 11 is 6.33. The van der Waals surface area contributed by atoms with Crippen LogP contribution in [0.5, 0.6) is 0 Å². The third-order valence-electron chi connectivity index (χ3n) is 5.62. The summed E-state index contributed by atoms with van der Waals surface area (Å²) in [5.74, 6) is 0.900. The summed E-state index contributed by atoms with van der Waals surface area (Å²) < 4.78 is 0. The molecule has 0 bridgehead atoms. The quantitative estimate of drug-likeness (QED) is 0.929. The average Bonchev–Trinajstić information content (AvgIpc) is 3.23. The van der Waals surface area contributed by atoms with Gasteiger partial charge in [-0.05, 0) is 43.2 Å². The van der Waals surface area contributed by atoms with Gasteiger partial charge in [0.05, 0.1) is 5.02 Å². The van der Waals surface area contributed by atoms with Crippen molar-refractivity contribution in [1.29, 1.82) is 0 Å². The Kier molecular flexibility index (Phi) is 3.68. The second kappa shape index (κ2) is 5.53. The van der Waals surface area contributed by atoms with Crippen molar-refractivity contribution in [3.8, 4) is 0 Å². The molecular formula is C17H24ClN3. The van der Waals surface area contributed by atoms with Gasteiger partial charge in [0.2, 0.25) is 0 Å². The van der Waals surface area contributed by atoms with Crippen molar-refractivity contribution in [1.82, 2.24) is 15.2 Å². The van der Waals surface area contributed by atoms with Crippen molar-refractivity contribution in [2.45, 2.75) is 56.7 Å². The van der Waals surface area contributed by atoms with Crippen molar-refractivity contribution in [3.05, 3.63) is 29.0 Å². The Hall–Kier alpha value is -0.640. The van der Waals surface area contributed by atoms with E-state index in [9.17, 15) is 0 Å². The number of nitrogens with one attached hydrogen (secondary N) is 1. The van der Waals surface area contributed by atoms with E-state index in [1.165, 1.54) is 50.6 Å². The number of rotatable bonds is 3. The molecule has 2 aliphatic carbocycles. The highest BCUT2D eigenvalue weighted by molar-refractivity contribution is 6.31. The summed E-state index contributed by atoms with van der Waals surface area (Å²) in [4.78, 5) is 6.82. The van der Waals surface area contributed by atoms with Crippen molar-refractivity contribution in [3.63, 3.8) is 0 Å². The fourth-order valence-corrected chi connectivity index (χ4v) is 4.45. The molecule has 21 heavy (non-hydrogen) atoms. The van der Waals surface area contributed by atoms with E-state index in [-0.39, 0.29) is 0 Å². The lowest BCUT2D eigenvalue weighted by Crippen LogP contribution is -2.63. The largest absolute Gasteiger partial charge is 0.308 e. The first-order chi connectivity index (χ1) is 10.3. The number of pyridine rings is 1. The lowest BCUT2D eigenvalue weighted by atomic mass is 9.90. The Morgan fingerprint density at radius 3 is 2.86 bits per heavy atom. The van der Waals surface area contributed by atoms with Gasteiger partial charge in [0, 0.05) is 43.6 Å². The molecule has 4 rings (SSSR count). The molecule has 1 spiro atoms. The second-order valence-electron chi connectivity index (χ2n) is 7.15. The molecule has 1 unspecified atom stereocenters. The Labute approximate surface area is 132 Å². The third-order valence-corrected chi connectivity index (χ3v) is 5.96. The zero-order chi connectivity index (χ0) is 14.3. The first-order valence-corrected chi connectivity index (χ1v) is 8.71.